The zero-order chi connectivity index (χ0) is 31.7. The fourth-order valence-electron chi connectivity index (χ4n) is 4.70. The van der Waals surface area contributed by atoms with E-state index in [2.05, 4.69) is 21.2 Å². The molecule has 4 aromatic carbocycles. The highest BCUT2D eigenvalue weighted by molar-refractivity contribution is 9.10. The SMILES string of the molecule is CC(C)CNC(=O)[C@@H](Cc1ccccc1)N(Cc1cccc(Br)c1)C(=O)CN(c1ccccc1Cl)S(=O)(=O)c1ccccc1. The molecule has 1 N–H and O–H groups in total. The van der Waals surface area contributed by atoms with E-state index >= 15 is 0 Å². The summed E-state index contributed by atoms with van der Waals surface area (Å²) in [5.41, 5.74) is 1.81. The molecule has 0 fully saturated rings. The third kappa shape index (κ3) is 8.71. The number of anilines is 1. The lowest BCUT2D eigenvalue weighted by Gasteiger charge is -2.34. The van der Waals surface area contributed by atoms with Gasteiger partial charge in [-0.2, -0.15) is 0 Å². The van der Waals surface area contributed by atoms with Crippen molar-refractivity contribution in [1.29, 1.82) is 0 Å². The number of nitrogens with zero attached hydrogens (tertiary/aromatic N) is 2. The molecular weight excluding hydrogens is 662 g/mol. The zero-order valence-electron chi connectivity index (χ0n) is 24.6. The Labute approximate surface area is 273 Å². The molecular formula is C34H35BrClN3O4S. The first-order chi connectivity index (χ1) is 21.1. The molecule has 0 saturated heterocycles. The van der Waals surface area contributed by atoms with E-state index in [0.29, 0.717) is 6.54 Å². The van der Waals surface area contributed by atoms with E-state index < -0.39 is 28.5 Å². The summed E-state index contributed by atoms with van der Waals surface area (Å²) < 4.78 is 29.9. The van der Waals surface area contributed by atoms with Crippen molar-refractivity contribution in [2.45, 2.75) is 37.8 Å². The van der Waals surface area contributed by atoms with Gasteiger partial charge in [-0.15, -0.1) is 0 Å². The van der Waals surface area contributed by atoms with Gasteiger partial charge in [-0.25, -0.2) is 8.42 Å². The zero-order valence-corrected chi connectivity index (χ0v) is 27.7. The maximum atomic E-state index is 14.5. The Morgan fingerprint density at radius 2 is 1.45 bits per heavy atom. The van der Waals surface area contributed by atoms with Crippen LogP contribution in [-0.2, 0) is 32.6 Å². The normalized spacial score (nSPS) is 12.0. The van der Waals surface area contributed by atoms with E-state index in [-0.39, 0.29) is 40.4 Å². The van der Waals surface area contributed by atoms with Gasteiger partial charge in [0.25, 0.3) is 10.0 Å². The van der Waals surface area contributed by atoms with Crippen LogP contribution in [0.5, 0.6) is 0 Å². The summed E-state index contributed by atoms with van der Waals surface area (Å²) in [6.45, 7) is 3.92. The van der Waals surface area contributed by atoms with Crippen LogP contribution in [0.2, 0.25) is 5.02 Å². The van der Waals surface area contributed by atoms with Crippen LogP contribution in [0.25, 0.3) is 0 Å². The lowest BCUT2D eigenvalue weighted by molar-refractivity contribution is -0.140. The van der Waals surface area contributed by atoms with Gasteiger partial charge in [0.1, 0.15) is 12.6 Å². The molecule has 4 rings (SSSR count). The summed E-state index contributed by atoms with van der Waals surface area (Å²) in [6, 6.07) is 30.4. The maximum Gasteiger partial charge on any atom is 0.264 e. The van der Waals surface area contributed by atoms with Crippen molar-refractivity contribution in [2.24, 2.45) is 5.92 Å². The van der Waals surface area contributed by atoms with E-state index in [1.165, 1.54) is 17.0 Å². The Morgan fingerprint density at radius 3 is 2.09 bits per heavy atom. The summed E-state index contributed by atoms with van der Waals surface area (Å²) in [4.78, 5) is 29.8. The molecule has 230 valence electrons. The second-order valence-corrected chi connectivity index (χ2v) is 14.0. The van der Waals surface area contributed by atoms with Crippen LogP contribution in [-0.4, -0.2) is 44.3 Å². The van der Waals surface area contributed by atoms with Gasteiger partial charge >= 0.3 is 0 Å². The largest absolute Gasteiger partial charge is 0.354 e. The molecule has 10 heteroatoms. The third-order valence-electron chi connectivity index (χ3n) is 6.93. The molecule has 7 nitrogen and oxygen atoms in total. The van der Waals surface area contributed by atoms with Crippen molar-refractivity contribution in [3.05, 3.63) is 130 Å². The molecule has 44 heavy (non-hydrogen) atoms. The molecule has 0 saturated carbocycles. The average Bonchev–Trinajstić information content (AvgIpc) is 3.01. The predicted molar refractivity (Wildman–Crippen MR) is 179 cm³/mol. The highest BCUT2D eigenvalue weighted by atomic mass is 79.9. The monoisotopic (exact) mass is 695 g/mol. The summed E-state index contributed by atoms with van der Waals surface area (Å²) in [7, 11) is -4.22. The van der Waals surface area contributed by atoms with Gasteiger partial charge in [0.05, 0.1) is 15.6 Å². The third-order valence-corrected chi connectivity index (χ3v) is 9.52. The molecule has 0 aromatic heterocycles. The van der Waals surface area contributed by atoms with Gasteiger partial charge in [0, 0.05) is 24.0 Å². The number of halogens is 2. The minimum absolute atomic E-state index is 0.0155. The van der Waals surface area contributed by atoms with E-state index in [1.54, 1.807) is 42.5 Å². The molecule has 0 heterocycles. The van der Waals surface area contributed by atoms with Gasteiger partial charge in [0.2, 0.25) is 11.8 Å². The molecule has 0 unspecified atom stereocenters. The van der Waals surface area contributed by atoms with Crippen molar-refractivity contribution in [1.82, 2.24) is 10.2 Å². The van der Waals surface area contributed by atoms with Gasteiger partial charge in [-0.3, -0.25) is 13.9 Å². The molecule has 4 aromatic rings. The molecule has 2 amide bonds. The number of rotatable bonds is 13. The van der Waals surface area contributed by atoms with Crippen LogP contribution in [0, 0.1) is 5.92 Å². The van der Waals surface area contributed by atoms with Crippen LogP contribution in [0.4, 0.5) is 5.69 Å². The smallest absolute Gasteiger partial charge is 0.264 e. The first-order valence-corrected chi connectivity index (χ1v) is 16.8. The molecule has 0 bridgehead atoms. The van der Waals surface area contributed by atoms with E-state index in [4.69, 9.17) is 11.6 Å². The Hall–Kier alpha value is -3.66. The minimum atomic E-state index is -4.22. The number of para-hydroxylation sites is 1. The lowest BCUT2D eigenvalue weighted by Crippen LogP contribution is -2.53. The van der Waals surface area contributed by atoms with Crippen LogP contribution < -0.4 is 9.62 Å². The fraction of sp³-hybridized carbons (Fsp3) is 0.235. The average molecular weight is 697 g/mol. The van der Waals surface area contributed by atoms with E-state index in [0.717, 1.165) is 19.9 Å². The number of nitrogens with one attached hydrogen (secondary N) is 1. The first-order valence-electron chi connectivity index (χ1n) is 14.2. The quantitative estimate of drug-likeness (QED) is 0.168. The number of benzene rings is 4. The fourth-order valence-corrected chi connectivity index (χ4v) is 6.88. The molecule has 0 aliphatic rings. The number of sulfonamides is 1. The number of amides is 2. The molecule has 0 radical (unpaired) electrons. The van der Waals surface area contributed by atoms with Crippen LogP contribution in [0.15, 0.2) is 119 Å². The Morgan fingerprint density at radius 1 is 0.841 bits per heavy atom. The standard InChI is InChI=1S/C34H35BrClN3O4S/c1-25(2)22-37-34(41)32(21-26-12-5-3-6-13-26)38(23-27-14-11-15-28(35)20-27)33(40)24-39(31-19-10-9-18-30(31)36)44(42,43)29-16-7-4-8-17-29/h3-20,25,32H,21-24H2,1-2H3,(H,37,41)/t32-/m1/s1. The van der Waals surface area contributed by atoms with Crippen molar-refractivity contribution < 1.29 is 18.0 Å². The molecule has 0 aliphatic carbocycles. The molecule has 1 atom stereocenters. The van der Waals surface area contributed by atoms with Crippen molar-refractivity contribution >= 4 is 55.1 Å². The minimum Gasteiger partial charge on any atom is -0.354 e. The van der Waals surface area contributed by atoms with E-state index in [1.807, 2.05) is 68.4 Å². The van der Waals surface area contributed by atoms with Crippen molar-refractivity contribution in [3.63, 3.8) is 0 Å². The summed E-state index contributed by atoms with van der Waals surface area (Å²) >= 11 is 10.0. The van der Waals surface area contributed by atoms with Crippen LogP contribution in [0.3, 0.4) is 0 Å². The Kier molecular flexibility index (Phi) is 11.6. The van der Waals surface area contributed by atoms with Gasteiger partial charge in [0.15, 0.2) is 0 Å². The molecule has 0 spiro atoms. The van der Waals surface area contributed by atoms with Gasteiger partial charge < -0.3 is 10.2 Å². The Bertz CT molecular complexity index is 1670. The van der Waals surface area contributed by atoms with Crippen LogP contribution >= 0.6 is 27.5 Å². The van der Waals surface area contributed by atoms with Crippen molar-refractivity contribution in [3.8, 4) is 0 Å². The highest BCUT2D eigenvalue weighted by Crippen LogP contribution is 2.31. The lowest BCUT2D eigenvalue weighted by atomic mass is 10.0. The number of hydrogen-bond acceptors (Lipinski definition) is 4. The van der Waals surface area contributed by atoms with Crippen LogP contribution in [0.1, 0.15) is 25.0 Å². The predicted octanol–water partition coefficient (Wildman–Crippen LogP) is 6.71. The van der Waals surface area contributed by atoms with Crippen molar-refractivity contribution in [2.75, 3.05) is 17.4 Å². The maximum absolute atomic E-state index is 14.5. The number of carbonyl (C=O) groups excluding carboxylic acids is 2. The Balaban J connectivity index is 1.80. The number of hydrogen-bond donors (Lipinski definition) is 1. The molecule has 0 aliphatic heterocycles. The topological polar surface area (TPSA) is 86.8 Å². The van der Waals surface area contributed by atoms with Gasteiger partial charge in [-0.05, 0) is 53.4 Å². The summed E-state index contributed by atoms with van der Waals surface area (Å²) in [5, 5.41) is 3.16. The highest BCUT2D eigenvalue weighted by Gasteiger charge is 2.35. The number of carbonyl (C=O) groups is 2. The second kappa shape index (κ2) is 15.4. The summed E-state index contributed by atoms with van der Waals surface area (Å²) in [6.07, 6.45) is 0.238. The summed E-state index contributed by atoms with van der Waals surface area (Å²) in [5.74, 6) is -0.677. The second-order valence-electron chi connectivity index (χ2n) is 10.8. The van der Waals surface area contributed by atoms with E-state index in [9.17, 15) is 18.0 Å². The first kappa shape index (κ1) is 33.2. The van der Waals surface area contributed by atoms with Gasteiger partial charge in [-0.1, -0.05) is 114 Å².